The third-order valence-corrected chi connectivity index (χ3v) is 4.12. The fourth-order valence-electron chi connectivity index (χ4n) is 1.81. The summed E-state index contributed by atoms with van der Waals surface area (Å²) in [5.74, 6) is 0.505. The van der Waals surface area contributed by atoms with Crippen LogP contribution in [0.2, 0.25) is 0 Å². The molecule has 1 aromatic rings. The lowest BCUT2D eigenvalue weighted by Crippen LogP contribution is -2.19. The zero-order valence-corrected chi connectivity index (χ0v) is 12.9. The van der Waals surface area contributed by atoms with Gasteiger partial charge in [0.1, 0.15) is 11.0 Å². The molecule has 1 aromatic carbocycles. The van der Waals surface area contributed by atoms with Crippen LogP contribution >= 0.6 is 11.8 Å². The molecule has 1 amide bonds. The number of carbonyl (C=O) groups excluding carboxylic acids is 1. The standard InChI is InChI=1S/C16H21NO2S/c1-4-9-14(13(5-2)19-3)20-15(16(17)18)12-10-7-6-8-11-12/h4,6-11,15H,5H2,1-3H3,(H2,17,18)/b9-4-,14-13-. The Morgan fingerprint density at radius 2 is 2.05 bits per heavy atom. The number of carbonyl (C=O) groups is 1. The van der Waals surface area contributed by atoms with Gasteiger partial charge in [0.25, 0.3) is 0 Å². The molecule has 1 atom stereocenters. The highest BCUT2D eigenvalue weighted by Crippen LogP contribution is 2.37. The van der Waals surface area contributed by atoms with Crippen LogP contribution in [-0.4, -0.2) is 13.0 Å². The number of nitrogens with two attached hydrogens (primary N) is 1. The minimum absolute atomic E-state index is 0.352. The Balaban J connectivity index is 3.11. The summed E-state index contributed by atoms with van der Waals surface area (Å²) in [7, 11) is 1.64. The highest BCUT2D eigenvalue weighted by atomic mass is 32.2. The normalized spacial score (nSPS) is 13.9. The summed E-state index contributed by atoms with van der Waals surface area (Å²) in [5.41, 5.74) is 6.45. The van der Waals surface area contributed by atoms with E-state index in [-0.39, 0.29) is 5.91 Å². The summed E-state index contributed by atoms with van der Waals surface area (Å²) in [6.45, 7) is 3.95. The number of benzene rings is 1. The summed E-state index contributed by atoms with van der Waals surface area (Å²) in [5, 5.41) is -0.418. The second kappa shape index (κ2) is 8.48. The second-order valence-electron chi connectivity index (χ2n) is 4.16. The molecular formula is C16H21NO2S. The molecule has 3 nitrogen and oxygen atoms in total. The Kier molecular flexibility index (Phi) is 6.94. The summed E-state index contributed by atoms with van der Waals surface area (Å²) in [6.07, 6.45) is 4.65. The van der Waals surface area contributed by atoms with Gasteiger partial charge in [-0.1, -0.05) is 43.3 Å². The van der Waals surface area contributed by atoms with Crippen LogP contribution in [-0.2, 0) is 9.53 Å². The van der Waals surface area contributed by atoms with E-state index in [2.05, 4.69) is 0 Å². The maximum Gasteiger partial charge on any atom is 0.235 e. The average molecular weight is 291 g/mol. The van der Waals surface area contributed by atoms with Gasteiger partial charge in [-0.05, 0) is 18.6 Å². The van der Waals surface area contributed by atoms with Crippen molar-refractivity contribution < 1.29 is 9.53 Å². The molecule has 0 fully saturated rings. The Morgan fingerprint density at radius 1 is 1.40 bits per heavy atom. The second-order valence-corrected chi connectivity index (χ2v) is 5.30. The maximum absolute atomic E-state index is 11.8. The zero-order valence-electron chi connectivity index (χ0n) is 12.1. The molecule has 0 bridgehead atoms. The van der Waals surface area contributed by atoms with Crippen LogP contribution in [0.3, 0.4) is 0 Å². The van der Waals surface area contributed by atoms with Crippen LogP contribution in [0.4, 0.5) is 0 Å². The number of methoxy groups -OCH3 is 1. The van der Waals surface area contributed by atoms with Gasteiger partial charge in [0.05, 0.1) is 7.11 Å². The highest BCUT2D eigenvalue weighted by Gasteiger charge is 2.21. The van der Waals surface area contributed by atoms with Gasteiger partial charge in [-0.25, -0.2) is 0 Å². The monoisotopic (exact) mass is 291 g/mol. The van der Waals surface area contributed by atoms with Gasteiger partial charge in [-0.15, -0.1) is 11.8 Å². The van der Waals surface area contributed by atoms with E-state index in [1.165, 1.54) is 11.8 Å². The zero-order chi connectivity index (χ0) is 15.0. The summed E-state index contributed by atoms with van der Waals surface area (Å²) >= 11 is 1.43. The molecule has 0 aliphatic carbocycles. The Hall–Kier alpha value is -1.68. The third kappa shape index (κ3) is 4.46. The van der Waals surface area contributed by atoms with E-state index in [0.29, 0.717) is 0 Å². The number of hydrogen-bond acceptors (Lipinski definition) is 3. The minimum Gasteiger partial charge on any atom is -0.500 e. The summed E-state index contributed by atoms with van der Waals surface area (Å²) < 4.78 is 5.39. The predicted octanol–water partition coefficient (Wildman–Crippen LogP) is 3.79. The first-order chi connectivity index (χ1) is 9.63. The van der Waals surface area contributed by atoms with E-state index < -0.39 is 5.25 Å². The van der Waals surface area contributed by atoms with Crippen molar-refractivity contribution in [3.63, 3.8) is 0 Å². The van der Waals surface area contributed by atoms with E-state index in [4.69, 9.17) is 10.5 Å². The third-order valence-electron chi connectivity index (χ3n) is 2.77. The Bertz CT molecular complexity index is 488. The lowest BCUT2D eigenvalue weighted by molar-refractivity contribution is -0.117. The topological polar surface area (TPSA) is 52.3 Å². The summed E-state index contributed by atoms with van der Waals surface area (Å²) in [4.78, 5) is 12.7. The number of thioether (sulfide) groups is 1. The van der Waals surface area contributed by atoms with E-state index >= 15 is 0 Å². The van der Waals surface area contributed by atoms with Crippen molar-refractivity contribution in [1.29, 1.82) is 0 Å². The molecule has 2 N–H and O–H groups in total. The van der Waals surface area contributed by atoms with Crippen molar-refractivity contribution in [2.45, 2.75) is 25.5 Å². The van der Waals surface area contributed by atoms with Crippen molar-refractivity contribution in [2.24, 2.45) is 5.73 Å². The molecule has 0 heterocycles. The van der Waals surface area contributed by atoms with Crippen molar-refractivity contribution in [3.8, 4) is 0 Å². The number of allylic oxidation sites excluding steroid dienone is 3. The fourth-order valence-corrected chi connectivity index (χ4v) is 3.05. The SMILES string of the molecule is C/C=C\C(SC(C(N)=O)c1ccccc1)=C(/CC)OC. The quantitative estimate of drug-likeness (QED) is 0.614. The number of primary amides is 1. The van der Waals surface area contributed by atoms with Gasteiger partial charge >= 0.3 is 0 Å². The van der Waals surface area contributed by atoms with Crippen molar-refractivity contribution >= 4 is 17.7 Å². The Labute approximate surface area is 124 Å². The fraction of sp³-hybridized carbons (Fsp3) is 0.312. The van der Waals surface area contributed by atoms with Gasteiger partial charge in [-0.3, -0.25) is 4.79 Å². The Morgan fingerprint density at radius 3 is 2.50 bits per heavy atom. The lowest BCUT2D eigenvalue weighted by Gasteiger charge is -2.16. The van der Waals surface area contributed by atoms with Crippen molar-refractivity contribution in [2.75, 3.05) is 7.11 Å². The molecule has 0 radical (unpaired) electrons. The smallest absolute Gasteiger partial charge is 0.235 e. The van der Waals surface area contributed by atoms with Gasteiger partial charge < -0.3 is 10.5 Å². The number of rotatable bonds is 7. The van der Waals surface area contributed by atoms with Crippen LogP contribution in [0.5, 0.6) is 0 Å². The molecule has 0 aliphatic rings. The molecule has 0 aliphatic heterocycles. The van der Waals surface area contributed by atoms with Crippen LogP contribution in [0.1, 0.15) is 31.1 Å². The first-order valence-electron chi connectivity index (χ1n) is 6.54. The van der Waals surface area contributed by atoms with E-state index in [0.717, 1.165) is 22.6 Å². The van der Waals surface area contributed by atoms with Crippen LogP contribution in [0, 0.1) is 0 Å². The minimum atomic E-state index is -0.418. The van der Waals surface area contributed by atoms with Gasteiger partial charge in [0, 0.05) is 11.3 Å². The largest absolute Gasteiger partial charge is 0.500 e. The van der Waals surface area contributed by atoms with Gasteiger partial charge in [0.15, 0.2) is 0 Å². The van der Waals surface area contributed by atoms with Crippen LogP contribution < -0.4 is 5.73 Å². The summed E-state index contributed by atoms with van der Waals surface area (Å²) in [6, 6.07) is 9.55. The first kappa shape index (κ1) is 16.4. The number of ether oxygens (including phenoxy) is 1. The molecule has 4 heteroatoms. The average Bonchev–Trinajstić information content (AvgIpc) is 2.46. The van der Waals surface area contributed by atoms with E-state index in [1.54, 1.807) is 7.11 Å². The van der Waals surface area contributed by atoms with Crippen molar-refractivity contribution in [3.05, 3.63) is 58.7 Å². The molecule has 1 rings (SSSR count). The predicted molar refractivity (Wildman–Crippen MR) is 85.1 cm³/mol. The highest BCUT2D eigenvalue weighted by molar-refractivity contribution is 8.04. The molecule has 20 heavy (non-hydrogen) atoms. The molecule has 0 saturated heterocycles. The maximum atomic E-state index is 11.8. The van der Waals surface area contributed by atoms with Gasteiger partial charge in [0.2, 0.25) is 5.91 Å². The van der Waals surface area contributed by atoms with E-state index in [1.807, 2.05) is 56.3 Å². The molecule has 0 saturated carbocycles. The molecule has 1 unspecified atom stereocenters. The van der Waals surface area contributed by atoms with Crippen LogP contribution in [0.25, 0.3) is 0 Å². The van der Waals surface area contributed by atoms with Gasteiger partial charge in [-0.2, -0.15) is 0 Å². The number of amides is 1. The molecule has 108 valence electrons. The number of hydrogen-bond donors (Lipinski definition) is 1. The molecular weight excluding hydrogens is 270 g/mol. The van der Waals surface area contributed by atoms with E-state index in [9.17, 15) is 4.79 Å². The molecule has 0 aromatic heterocycles. The van der Waals surface area contributed by atoms with Crippen molar-refractivity contribution in [1.82, 2.24) is 0 Å². The molecule has 0 spiro atoms. The van der Waals surface area contributed by atoms with Crippen LogP contribution in [0.15, 0.2) is 53.1 Å². The first-order valence-corrected chi connectivity index (χ1v) is 7.42. The lowest BCUT2D eigenvalue weighted by atomic mass is 10.1.